The number of piperidine rings is 1. The number of carbonyl (C=O) groups excluding carboxylic acids is 1. The average Bonchev–Trinajstić information content (AvgIpc) is 2.87. The number of aromatic nitrogens is 1. The van der Waals surface area contributed by atoms with Crippen LogP contribution in [-0.4, -0.2) is 31.0 Å². The van der Waals surface area contributed by atoms with E-state index in [0.29, 0.717) is 5.56 Å². The van der Waals surface area contributed by atoms with Crippen LogP contribution in [0.2, 0.25) is 0 Å². The molecule has 1 aromatic heterocycles. The standard InChI is InChI=1S/C27H28N2O2S/c1-31-26-15-9-21(19-23(26)20-32-27-7-3-4-16-28-27)8-14-25(30)22-10-12-24(13-11-22)29-17-5-2-6-18-29/h3-4,7-16,19H,2,5-6,17-18,20H2,1H3/b14-8+. The lowest BCUT2D eigenvalue weighted by Gasteiger charge is -2.28. The monoisotopic (exact) mass is 444 g/mol. The molecule has 0 unspecified atom stereocenters. The Morgan fingerprint density at radius 1 is 1.06 bits per heavy atom. The summed E-state index contributed by atoms with van der Waals surface area (Å²) in [6.07, 6.45) is 9.11. The number of hydrogen-bond acceptors (Lipinski definition) is 5. The first kappa shape index (κ1) is 22.2. The first-order chi connectivity index (χ1) is 15.7. The predicted octanol–water partition coefficient (Wildman–Crippen LogP) is 6.27. The van der Waals surface area contributed by atoms with Gasteiger partial charge in [-0.3, -0.25) is 4.79 Å². The van der Waals surface area contributed by atoms with Crippen molar-refractivity contribution in [3.8, 4) is 5.75 Å². The van der Waals surface area contributed by atoms with Crippen LogP contribution in [0.25, 0.3) is 6.08 Å². The average molecular weight is 445 g/mol. The van der Waals surface area contributed by atoms with Crippen LogP contribution in [0.1, 0.15) is 40.7 Å². The fourth-order valence-electron chi connectivity index (χ4n) is 3.86. The second-order valence-electron chi connectivity index (χ2n) is 7.82. The van der Waals surface area contributed by atoms with Crippen LogP contribution >= 0.6 is 11.8 Å². The molecule has 1 aliphatic heterocycles. The summed E-state index contributed by atoms with van der Waals surface area (Å²) >= 11 is 1.66. The third-order valence-electron chi connectivity index (χ3n) is 5.62. The van der Waals surface area contributed by atoms with Gasteiger partial charge < -0.3 is 9.64 Å². The van der Waals surface area contributed by atoms with E-state index in [1.54, 1.807) is 31.1 Å². The zero-order valence-corrected chi connectivity index (χ0v) is 19.2. The molecule has 0 saturated carbocycles. The van der Waals surface area contributed by atoms with E-state index >= 15 is 0 Å². The molecule has 0 atom stereocenters. The van der Waals surface area contributed by atoms with Gasteiger partial charge in [-0.2, -0.15) is 0 Å². The van der Waals surface area contributed by atoms with Crippen LogP contribution in [0.3, 0.4) is 0 Å². The van der Waals surface area contributed by atoms with Crippen LogP contribution < -0.4 is 9.64 Å². The van der Waals surface area contributed by atoms with Gasteiger partial charge in [-0.1, -0.05) is 18.2 Å². The lowest BCUT2D eigenvalue weighted by atomic mass is 10.1. The Bertz CT molecular complexity index is 1060. The summed E-state index contributed by atoms with van der Waals surface area (Å²) in [5, 5.41) is 0.971. The molecule has 0 bridgehead atoms. The number of thioether (sulfide) groups is 1. The van der Waals surface area contributed by atoms with Crippen molar-refractivity contribution in [3.05, 3.63) is 89.6 Å². The number of nitrogens with zero attached hydrogens (tertiary/aromatic N) is 2. The van der Waals surface area contributed by atoms with E-state index in [1.807, 2.05) is 48.5 Å². The number of rotatable bonds is 8. The van der Waals surface area contributed by atoms with E-state index in [-0.39, 0.29) is 5.78 Å². The number of hydrogen-bond donors (Lipinski definition) is 0. The maximum Gasteiger partial charge on any atom is 0.185 e. The van der Waals surface area contributed by atoms with E-state index in [4.69, 9.17) is 4.74 Å². The fourth-order valence-corrected chi connectivity index (χ4v) is 4.70. The van der Waals surface area contributed by atoms with E-state index < -0.39 is 0 Å². The summed E-state index contributed by atoms with van der Waals surface area (Å²) in [5.74, 6) is 1.59. The Morgan fingerprint density at radius 3 is 2.59 bits per heavy atom. The molecule has 32 heavy (non-hydrogen) atoms. The van der Waals surface area contributed by atoms with Gasteiger partial charge in [0.15, 0.2) is 5.78 Å². The van der Waals surface area contributed by atoms with Crippen LogP contribution in [0.4, 0.5) is 5.69 Å². The van der Waals surface area contributed by atoms with Crippen molar-refractivity contribution in [1.29, 1.82) is 0 Å². The highest BCUT2D eigenvalue weighted by Gasteiger charge is 2.11. The molecule has 0 aliphatic carbocycles. The normalized spacial score (nSPS) is 14.0. The number of methoxy groups -OCH3 is 1. The van der Waals surface area contributed by atoms with Crippen molar-refractivity contribution in [2.45, 2.75) is 30.0 Å². The fraction of sp³-hybridized carbons (Fsp3) is 0.259. The maximum absolute atomic E-state index is 12.7. The van der Waals surface area contributed by atoms with Gasteiger partial charge in [0.05, 0.1) is 12.1 Å². The minimum atomic E-state index is 0.00965. The zero-order valence-electron chi connectivity index (χ0n) is 18.4. The van der Waals surface area contributed by atoms with Crippen molar-refractivity contribution in [3.63, 3.8) is 0 Å². The minimum absolute atomic E-state index is 0.00965. The van der Waals surface area contributed by atoms with E-state index in [2.05, 4.69) is 28.1 Å². The first-order valence-electron chi connectivity index (χ1n) is 11.0. The second kappa shape index (κ2) is 11.0. The number of ketones is 1. The van der Waals surface area contributed by atoms with Crippen molar-refractivity contribution in [2.24, 2.45) is 0 Å². The molecular weight excluding hydrogens is 416 g/mol. The highest BCUT2D eigenvalue weighted by molar-refractivity contribution is 7.98. The number of benzene rings is 2. The second-order valence-corrected chi connectivity index (χ2v) is 8.82. The summed E-state index contributed by atoms with van der Waals surface area (Å²) in [4.78, 5) is 19.4. The molecule has 0 amide bonds. The van der Waals surface area contributed by atoms with Crippen molar-refractivity contribution >= 4 is 29.3 Å². The molecule has 164 valence electrons. The SMILES string of the molecule is COc1ccc(/C=C/C(=O)c2ccc(N3CCCCC3)cc2)cc1CSc1ccccn1. The zero-order chi connectivity index (χ0) is 22.2. The Morgan fingerprint density at radius 2 is 1.88 bits per heavy atom. The van der Waals surface area contributed by atoms with E-state index in [9.17, 15) is 4.79 Å². The highest BCUT2D eigenvalue weighted by atomic mass is 32.2. The van der Waals surface area contributed by atoms with Gasteiger partial charge in [0.25, 0.3) is 0 Å². The van der Waals surface area contributed by atoms with Crippen LogP contribution in [0, 0.1) is 0 Å². The summed E-state index contributed by atoms with van der Waals surface area (Å²) in [7, 11) is 1.68. The predicted molar refractivity (Wildman–Crippen MR) is 133 cm³/mol. The number of allylic oxidation sites excluding steroid dienone is 1. The molecule has 1 fully saturated rings. The largest absolute Gasteiger partial charge is 0.496 e. The minimum Gasteiger partial charge on any atom is -0.496 e. The van der Waals surface area contributed by atoms with Gasteiger partial charge in [-0.25, -0.2) is 4.98 Å². The van der Waals surface area contributed by atoms with Crippen LogP contribution in [0.5, 0.6) is 5.75 Å². The Labute approximate surface area is 194 Å². The molecule has 0 N–H and O–H groups in total. The van der Waals surface area contributed by atoms with Gasteiger partial charge in [-0.05, 0) is 79.4 Å². The highest BCUT2D eigenvalue weighted by Crippen LogP contribution is 2.28. The molecule has 0 radical (unpaired) electrons. The summed E-state index contributed by atoms with van der Waals surface area (Å²) < 4.78 is 5.52. The lowest BCUT2D eigenvalue weighted by Crippen LogP contribution is -2.29. The molecule has 4 nitrogen and oxygen atoms in total. The van der Waals surface area contributed by atoms with Crippen molar-refractivity contribution in [1.82, 2.24) is 4.98 Å². The van der Waals surface area contributed by atoms with Gasteiger partial charge in [0.2, 0.25) is 0 Å². The molecular formula is C27H28N2O2S. The molecule has 3 aromatic rings. The van der Waals surface area contributed by atoms with Gasteiger partial charge >= 0.3 is 0 Å². The van der Waals surface area contributed by atoms with Gasteiger partial charge in [-0.15, -0.1) is 11.8 Å². The molecule has 1 aliphatic rings. The third-order valence-corrected chi connectivity index (χ3v) is 6.61. The maximum atomic E-state index is 12.7. The van der Waals surface area contributed by atoms with Gasteiger partial charge in [0.1, 0.15) is 5.75 Å². The summed E-state index contributed by atoms with van der Waals surface area (Å²) in [6, 6.07) is 19.9. The van der Waals surface area contributed by atoms with Gasteiger partial charge in [0, 0.05) is 41.9 Å². The summed E-state index contributed by atoms with van der Waals surface area (Å²) in [5.41, 5.74) is 3.96. The Kier molecular flexibility index (Phi) is 7.62. The van der Waals surface area contributed by atoms with E-state index in [1.165, 1.54) is 24.9 Å². The number of anilines is 1. The summed E-state index contributed by atoms with van der Waals surface area (Å²) in [6.45, 7) is 2.21. The smallest absolute Gasteiger partial charge is 0.185 e. The molecule has 5 heteroatoms. The van der Waals surface area contributed by atoms with Crippen molar-refractivity contribution < 1.29 is 9.53 Å². The quantitative estimate of drug-likeness (QED) is 0.233. The molecule has 2 aromatic carbocycles. The molecule has 4 rings (SSSR count). The molecule has 1 saturated heterocycles. The lowest BCUT2D eigenvalue weighted by molar-refractivity contribution is 0.104. The topological polar surface area (TPSA) is 42.4 Å². The van der Waals surface area contributed by atoms with E-state index in [0.717, 1.165) is 40.7 Å². The van der Waals surface area contributed by atoms with Crippen LogP contribution in [-0.2, 0) is 5.75 Å². The van der Waals surface area contributed by atoms with Crippen LogP contribution in [0.15, 0.2) is 78.0 Å². The Hall–Kier alpha value is -3.05. The van der Waals surface area contributed by atoms with Crippen molar-refractivity contribution in [2.75, 3.05) is 25.1 Å². The first-order valence-corrected chi connectivity index (χ1v) is 12.0. The third kappa shape index (κ3) is 5.80. The number of carbonyl (C=O) groups is 1. The number of pyridine rings is 1. The number of ether oxygens (including phenoxy) is 1. The molecule has 0 spiro atoms. The molecule has 2 heterocycles. The Balaban J connectivity index is 1.42.